The summed E-state index contributed by atoms with van der Waals surface area (Å²) in [7, 11) is 0. The minimum Gasteiger partial charge on any atom is -0.423 e. The van der Waals surface area contributed by atoms with Gasteiger partial charge in [-0.1, -0.05) is 23.2 Å². The lowest BCUT2D eigenvalue weighted by molar-refractivity contribution is 0.0735. The zero-order valence-corrected chi connectivity index (χ0v) is 15.6. The SMILES string of the molecule is Cc1cc(C)nc(Nc2ccc(OC(=O)c3ccc(Cl)cc3Cl)cc2)n1. The van der Waals surface area contributed by atoms with E-state index in [-0.39, 0.29) is 10.6 Å². The van der Waals surface area contributed by atoms with Crippen molar-refractivity contribution in [3.05, 3.63) is 75.5 Å². The molecule has 0 aliphatic heterocycles. The van der Waals surface area contributed by atoms with E-state index in [0.717, 1.165) is 17.1 Å². The number of anilines is 2. The molecular weight excluding hydrogens is 373 g/mol. The molecule has 0 radical (unpaired) electrons. The second-order valence-electron chi connectivity index (χ2n) is 5.64. The quantitative estimate of drug-likeness (QED) is 0.481. The third-order valence-electron chi connectivity index (χ3n) is 3.45. The smallest absolute Gasteiger partial charge is 0.345 e. The van der Waals surface area contributed by atoms with Crippen molar-refractivity contribution in [3.8, 4) is 5.75 Å². The number of halogens is 2. The number of nitrogens with one attached hydrogen (secondary N) is 1. The molecule has 26 heavy (non-hydrogen) atoms. The Labute approximate surface area is 161 Å². The van der Waals surface area contributed by atoms with Gasteiger partial charge in [-0.15, -0.1) is 0 Å². The number of aryl methyl sites for hydroxylation is 2. The second-order valence-corrected chi connectivity index (χ2v) is 6.48. The van der Waals surface area contributed by atoms with Crippen molar-refractivity contribution in [2.45, 2.75) is 13.8 Å². The van der Waals surface area contributed by atoms with Gasteiger partial charge in [-0.25, -0.2) is 14.8 Å². The second kappa shape index (κ2) is 7.72. The van der Waals surface area contributed by atoms with Crippen LogP contribution in [0.15, 0.2) is 48.5 Å². The molecule has 132 valence electrons. The molecule has 7 heteroatoms. The Hall–Kier alpha value is -2.63. The van der Waals surface area contributed by atoms with E-state index in [2.05, 4.69) is 15.3 Å². The number of aromatic nitrogens is 2. The zero-order valence-electron chi connectivity index (χ0n) is 14.1. The van der Waals surface area contributed by atoms with Gasteiger partial charge in [-0.05, 0) is 62.4 Å². The molecule has 1 N–H and O–H groups in total. The van der Waals surface area contributed by atoms with E-state index in [9.17, 15) is 4.79 Å². The van der Waals surface area contributed by atoms with Crippen LogP contribution in [0, 0.1) is 13.8 Å². The van der Waals surface area contributed by atoms with Gasteiger partial charge >= 0.3 is 5.97 Å². The Bertz CT molecular complexity index is 939. The standard InChI is InChI=1S/C19H15Cl2N3O2/c1-11-9-12(2)23-19(22-11)24-14-4-6-15(7-5-14)26-18(25)16-8-3-13(20)10-17(16)21/h3-10H,1-2H3,(H,22,23,24). The van der Waals surface area contributed by atoms with Crippen LogP contribution in [0.1, 0.15) is 21.7 Å². The minimum atomic E-state index is -0.551. The molecule has 0 spiro atoms. The Morgan fingerprint density at radius 1 is 0.962 bits per heavy atom. The molecule has 1 aromatic heterocycles. The van der Waals surface area contributed by atoms with Gasteiger partial charge in [-0.3, -0.25) is 0 Å². The molecule has 3 rings (SSSR count). The maximum Gasteiger partial charge on any atom is 0.345 e. The maximum atomic E-state index is 12.2. The first kappa shape index (κ1) is 18.2. The first-order valence-electron chi connectivity index (χ1n) is 7.77. The average Bonchev–Trinajstić information content (AvgIpc) is 2.55. The van der Waals surface area contributed by atoms with E-state index in [1.807, 2.05) is 19.9 Å². The van der Waals surface area contributed by atoms with Crippen LogP contribution in [0.5, 0.6) is 5.75 Å². The van der Waals surface area contributed by atoms with Crippen LogP contribution in [0.2, 0.25) is 10.0 Å². The average molecular weight is 388 g/mol. The van der Waals surface area contributed by atoms with Crippen LogP contribution in [0.3, 0.4) is 0 Å². The van der Waals surface area contributed by atoms with Gasteiger partial charge in [0.1, 0.15) is 5.75 Å². The molecule has 0 bridgehead atoms. The number of esters is 1. The third-order valence-corrected chi connectivity index (χ3v) is 4.00. The van der Waals surface area contributed by atoms with E-state index in [1.54, 1.807) is 30.3 Å². The number of hydrogen-bond donors (Lipinski definition) is 1. The predicted molar refractivity (Wildman–Crippen MR) is 103 cm³/mol. The molecule has 2 aromatic carbocycles. The van der Waals surface area contributed by atoms with E-state index in [0.29, 0.717) is 16.7 Å². The fraction of sp³-hybridized carbons (Fsp3) is 0.105. The first-order valence-corrected chi connectivity index (χ1v) is 8.53. The van der Waals surface area contributed by atoms with Gasteiger partial charge in [-0.2, -0.15) is 0 Å². The fourth-order valence-electron chi connectivity index (χ4n) is 2.33. The number of ether oxygens (including phenoxy) is 1. The molecule has 0 unspecified atom stereocenters. The van der Waals surface area contributed by atoms with Crippen LogP contribution in [-0.2, 0) is 0 Å². The maximum absolute atomic E-state index is 12.2. The summed E-state index contributed by atoms with van der Waals surface area (Å²) in [6.07, 6.45) is 0. The van der Waals surface area contributed by atoms with Gasteiger partial charge in [0, 0.05) is 22.1 Å². The van der Waals surface area contributed by atoms with E-state index in [1.165, 1.54) is 12.1 Å². The molecule has 5 nitrogen and oxygen atoms in total. The fourth-order valence-corrected chi connectivity index (χ4v) is 2.82. The number of nitrogens with zero attached hydrogens (tertiary/aromatic N) is 2. The zero-order chi connectivity index (χ0) is 18.7. The summed E-state index contributed by atoms with van der Waals surface area (Å²) in [4.78, 5) is 20.9. The van der Waals surface area contributed by atoms with Crippen LogP contribution in [0.25, 0.3) is 0 Å². The lowest BCUT2D eigenvalue weighted by Crippen LogP contribution is -2.09. The van der Waals surface area contributed by atoms with Crippen molar-refractivity contribution in [1.29, 1.82) is 0 Å². The predicted octanol–water partition coefficient (Wildman–Crippen LogP) is 5.36. The molecule has 0 amide bonds. The van der Waals surface area contributed by atoms with Crippen molar-refractivity contribution < 1.29 is 9.53 Å². The van der Waals surface area contributed by atoms with Gasteiger partial charge < -0.3 is 10.1 Å². The summed E-state index contributed by atoms with van der Waals surface area (Å²) in [6.45, 7) is 3.81. The lowest BCUT2D eigenvalue weighted by atomic mass is 10.2. The van der Waals surface area contributed by atoms with Crippen molar-refractivity contribution in [2.24, 2.45) is 0 Å². The molecule has 3 aromatic rings. The van der Waals surface area contributed by atoms with Crippen LogP contribution in [-0.4, -0.2) is 15.9 Å². The topological polar surface area (TPSA) is 64.1 Å². The van der Waals surface area contributed by atoms with E-state index >= 15 is 0 Å². The number of benzene rings is 2. The Morgan fingerprint density at radius 2 is 1.62 bits per heavy atom. The van der Waals surface area contributed by atoms with Gasteiger partial charge in [0.05, 0.1) is 10.6 Å². The number of hydrogen-bond acceptors (Lipinski definition) is 5. The number of rotatable bonds is 4. The van der Waals surface area contributed by atoms with Gasteiger partial charge in [0.15, 0.2) is 0 Å². The minimum absolute atomic E-state index is 0.243. The molecular formula is C19H15Cl2N3O2. The van der Waals surface area contributed by atoms with Gasteiger partial charge in [0.25, 0.3) is 0 Å². The molecule has 1 heterocycles. The summed E-state index contributed by atoms with van der Waals surface area (Å²) in [5, 5.41) is 3.81. The Morgan fingerprint density at radius 3 is 2.23 bits per heavy atom. The molecule has 0 saturated heterocycles. The largest absolute Gasteiger partial charge is 0.423 e. The first-order chi connectivity index (χ1) is 12.4. The highest BCUT2D eigenvalue weighted by Gasteiger charge is 2.13. The number of carbonyl (C=O) groups excluding carboxylic acids is 1. The lowest BCUT2D eigenvalue weighted by Gasteiger charge is -2.09. The summed E-state index contributed by atoms with van der Waals surface area (Å²) in [5.74, 6) is 0.359. The third kappa shape index (κ3) is 4.50. The molecule has 0 aliphatic rings. The number of carbonyl (C=O) groups is 1. The monoisotopic (exact) mass is 387 g/mol. The van der Waals surface area contributed by atoms with E-state index in [4.69, 9.17) is 27.9 Å². The highest BCUT2D eigenvalue weighted by Crippen LogP contribution is 2.24. The van der Waals surface area contributed by atoms with E-state index < -0.39 is 5.97 Å². The Kier molecular flexibility index (Phi) is 5.40. The molecule has 0 atom stereocenters. The van der Waals surface area contributed by atoms with Gasteiger partial charge in [0.2, 0.25) is 5.95 Å². The van der Waals surface area contributed by atoms with Crippen LogP contribution < -0.4 is 10.1 Å². The summed E-state index contributed by atoms with van der Waals surface area (Å²) in [6, 6.07) is 13.4. The van der Waals surface area contributed by atoms with Crippen molar-refractivity contribution in [3.63, 3.8) is 0 Å². The summed E-state index contributed by atoms with van der Waals surface area (Å²) >= 11 is 11.9. The molecule has 0 aliphatic carbocycles. The van der Waals surface area contributed by atoms with Crippen molar-refractivity contribution in [2.75, 3.05) is 5.32 Å². The van der Waals surface area contributed by atoms with Crippen LogP contribution in [0.4, 0.5) is 11.6 Å². The molecule has 0 fully saturated rings. The van der Waals surface area contributed by atoms with Crippen molar-refractivity contribution >= 4 is 40.8 Å². The normalized spacial score (nSPS) is 10.5. The van der Waals surface area contributed by atoms with Crippen LogP contribution >= 0.6 is 23.2 Å². The summed E-state index contributed by atoms with van der Waals surface area (Å²) < 4.78 is 5.34. The molecule has 0 saturated carbocycles. The Balaban J connectivity index is 1.70. The summed E-state index contributed by atoms with van der Waals surface area (Å²) in [5.41, 5.74) is 2.79. The highest BCUT2D eigenvalue weighted by atomic mass is 35.5. The van der Waals surface area contributed by atoms with Crippen molar-refractivity contribution in [1.82, 2.24) is 9.97 Å². The highest BCUT2D eigenvalue weighted by molar-refractivity contribution is 6.36.